The monoisotopic (exact) mass is 497 g/mol. The minimum absolute atomic E-state index is 0.665. The highest BCUT2D eigenvalue weighted by Gasteiger charge is 2.28. The van der Waals surface area contributed by atoms with E-state index < -0.39 is 0 Å². The Morgan fingerprint density at radius 3 is 2.34 bits per heavy atom. The van der Waals surface area contributed by atoms with Crippen LogP contribution in [-0.2, 0) is 19.3 Å². The molecule has 1 aliphatic heterocycles. The highest BCUT2D eigenvalue weighted by atomic mass is 15.2. The molecule has 0 saturated carbocycles. The van der Waals surface area contributed by atoms with Crippen LogP contribution in [0.2, 0.25) is 0 Å². The van der Waals surface area contributed by atoms with Crippen molar-refractivity contribution in [1.29, 1.82) is 5.26 Å². The third-order valence-corrected chi connectivity index (χ3v) is 7.77. The maximum atomic E-state index is 10.0. The molecule has 0 atom stereocenters. The van der Waals surface area contributed by atoms with Gasteiger partial charge >= 0.3 is 0 Å². The molecule has 1 aliphatic rings. The second kappa shape index (κ2) is 9.15. The number of imidazole rings is 1. The highest BCUT2D eigenvalue weighted by molar-refractivity contribution is 5.87. The van der Waals surface area contributed by atoms with Crippen LogP contribution >= 0.6 is 0 Å². The van der Waals surface area contributed by atoms with E-state index in [1.165, 1.54) is 22.4 Å². The first-order valence-electron chi connectivity index (χ1n) is 13.3. The van der Waals surface area contributed by atoms with Crippen molar-refractivity contribution in [2.24, 2.45) is 0 Å². The van der Waals surface area contributed by atoms with Gasteiger partial charge in [0.05, 0.1) is 22.6 Å². The molecule has 0 radical (unpaired) electrons. The fraction of sp³-hybridized carbons (Fsp3) is 0.242. The summed E-state index contributed by atoms with van der Waals surface area (Å²) in [7, 11) is 0. The molecule has 0 bridgehead atoms. The van der Waals surface area contributed by atoms with E-state index in [0.29, 0.717) is 5.56 Å². The van der Waals surface area contributed by atoms with E-state index in [4.69, 9.17) is 9.97 Å². The first-order valence-corrected chi connectivity index (χ1v) is 13.3. The number of nitriles is 1. The number of anilines is 3. The second-order valence-corrected chi connectivity index (χ2v) is 10.2. The van der Waals surface area contributed by atoms with Gasteiger partial charge in [0.1, 0.15) is 17.4 Å². The average Bonchev–Trinajstić information content (AvgIpc) is 3.19. The van der Waals surface area contributed by atoms with E-state index in [0.717, 1.165) is 70.1 Å². The van der Waals surface area contributed by atoms with Crippen LogP contribution in [0, 0.1) is 39.0 Å². The molecule has 0 N–H and O–H groups in total. The van der Waals surface area contributed by atoms with Gasteiger partial charge in [-0.2, -0.15) is 5.26 Å². The Balaban J connectivity index is 1.67. The van der Waals surface area contributed by atoms with Crippen molar-refractivity contribution >= 4 is 28.2 Å². The van der Waals surface area contributed by atoms with E-state index >= 15 is 0 Å². The Kier molecular flexibility index (Phi) is 5.76. The Labute approximate surface area is 224 Å². The van der Waals surface area contributed by atoms with Crippen LogP contribution in [0.4, 0.5) is 17.1 Å². The molecule has 5 heteroatoms. The summed E-state index contributed by atoms with van der Waals surface area (Å²) < 4.78 is 2.28. The molecule has 2 aromatic heterocycles. The van der Waals surface area contributed by atoms with Crippen molar-refractivity contribution < 1.29 is 0 Å². The molecule has 0 spiro atoms. The molecule has 5 aromatic rings. The first-order chi connectivity index (χ1) is 18.4. The summed E-state index contributed by atoms with van der Waals surface area (Å²) in [6, 6.07) is 23.3. The van der Waals surface area contributed by atoms with Crippen LogP contribution in [0.1, 0.15) is 51.8 Å². The Bertz CT molecular complexity index is 1770. The van der Waals surface area contributed by atoms with Gasteiger partial charge in [0.2, 0.25) is 0 Å². The summed E-state index contributed by atoms with van der Waals surface area (Å²) in [6.45, 7) is 10.7. The lowest BCUT2D eigenvalue weighted by Crippen LogP contribution is -2.15. The van der Waals surface area contributed by atoms with Crippen molar-refractivity contribution in [3.8, 4) is 11.8 Å². The number of nitrogens with zero attached hydrogens (tertiary/aromatic N) is 5. The summed E-state index contributed by atoms with van der Waals surface area (Å²) in [5.74, 6) is 1.02. The van der Waals surface area contributed by atoms with E-state index in [9.17, 15) is 5.26 Å². The number of aromatic nitrogens is 3. The normalized spacial score (nSPS) is 12.7. The maximum absolute atomic E-state index is 10.0. The molecule has 6 rings (SSSR count). The van der Waals surface area contributed by atoms with Crippen LogP contribution in [0.3, 0.4) is 0 Å². The second-order valence-electron chi connectivity index (χ2n) is 10.2. The zero-order chi connectivity index (χ0) is 26.6. The topological polar surface area (TPSA) is 57.7 Å². The van der Waals surface area contributed by atoms with Gasteiger partial charge in [-0.3, -0.25) is 4.57 Å². The maximum Gasteiger partial charge on any atom is 0.165 e. The number of hydrogen-bond acceptors (Lipinski definition) is 4. The van der Waals surface area contributed by atoms with Crippen molar-refractivity contribution in [3.05, 3.63) is 106 Å². The van der Waals surface area contributed by atoms with Gasteiger partial charge in [0, 0.05) is 17.8 Å². The molecule has 0 amide bonds. The molecular formula is C33H31N5. The zero-order valence-corrected chi connectivity index (χ0v) is 22.6. The number of fused-ring (bicyclic) bond motifs is 3. The van der Waals surface area contributed by atoms with Gasteiger partial charge in [-0.15, -0.1) is 0 Å². The van der Waals surface area contributed by atoms with Gasteiger partial charge in [-0.25, -0.2) is 9.97 Å². The van der Waals surface area contributed by atoms with Crippen LogP contribution in [0.25, 0.3) is 16.9 Å². The number of aryl methyl sites for hydroxylation is 5. The highest BCUT2D eigenvalue weighted by Crippen LogP contribution is 2.46. The van der Waals surface area contributed by atoms with E-state index in [-0.39, 0.29) is 0 Å². The molecule has 0 fully saturated rings. The van der Waals surface area contributed by atoms with Crippen molar-refractivity contribution in [2.75, 3.05) is 4.90 Å². The first kappa shape index (κ1) is 23.9. The summed E-state index contributed by atoms with van der Waals surface area (Å²) in [6.07, 6.45) is 2.66. The summed E-state index contributed by atoms with van der Waals surface area (Å²) in [5.41, 5.74) is 14.0. The van der Waals surface area contributed by atoms with Crippen LogP contribution < -0.4 is 4.90 Å². The standard InChI is InChI=1S/C33H31N5/c1-6-30-36-31-20(2)17-22(4)35-33(31)38(30)32-21(3)18-29-26(23(32)5)16-15-24-11-7-9-13-27(24)37(29)28-14-10-8-12-25(28)19-34/h7-14,17-18H,6,15-16H2,1-5H3. The van der Waals surface area contributed by atoms with Gasteiger partial charge in [-0.1, -0.05) is 37.3 Å². The number of rotatable bonds is 3. The quantitative estimate of drug-likeness (QED) is 0.257. The fourth-order valence-electron chi connectivity index (χ4n) is 6.08. The third kappa shape index (κ3) is 3.60. The lowest BCUT2D eigenvalue weighted by molar-refractivity contribution is 0.880. The summed E-state index contributed by atoms with van der Waals surface area (Å²) >= 11 is 0. The number of pyridine rings is 1. The predicted octanol–water partition coefficient (Wildman–Crippen LogP) is 7.66. The Morgan fingerprint density at radius 1 is 0.842 bits per heavy atom. The molecule has 0 unspecified atom stereocenters. The van der Waals surface area contributed by atoms with E-state index in [1.54, 1.807) is 0 Å². The zero-order valence-electron chi connectivity index (χ0n) is 22.6. The molecule has 5 nitrogen and oxygen atoms in total. The van der Waals surface area contributed by atoms with Crippen LogP contribution in [0.15, 0.2) is 60.7 Å². The molecule has 3 heterocycles. The average molecular weight is 498 g/mol. The fourth-order valence-corrected chi connectivity index (χ4v) is 6.08. The van der Waals surface area contributed by atoms with Gasteiger partial charge in [0.25, 0.3) is 0 Å². The predicted molar refractivity (Wildman–Crippen MR) is 154 cm³/mol. The third-order valence-electron chi connectivity index (χ3n) is 7.77. The Morgan fingerprint density at radius 2 is 1.58 bits per heavy atom. The minimum Gasteiger partial charge on any atom is -0.309 e. The molecule has 3 aromatic carbocycles. The minimum atomic E-state index is 0.665. The molecule has 38 heavy (non-hydrogen) atoms. The van der Waals surface area contributed by atoms with E-state index in [2.05, 4.69) is 85.7 Å². The number of hydrogen-bond donors (Lipinski definition) is 0. The smallest absolute Gasteiger partial charge is 0.165 e. The summed E-state index contributed by atoms with van der Waals surface area (Å²) in [4.78, 5) is 12.3. The lowest BCUT2D eigenvalue weighted by atomic mass is 9.95. The SMILES string of the molecule is CCc1nc2c(C)cc(C)nc2n1-c1c(C)cc2c(c1C)CCc1ccccc1N2c1ccccc1C#N. The largest absolute Gasteiger partial charge is 0.309 e. The van der Waals surface area contributed by atoms with Crippen LogP contribution in [0.5, 0.6) is 0 Å². The summed E-state index contributed by atoms with van der Waals surface area (Å²) in [5, 5.41) is 10.0. The number of benzene rings is 3. The van der Waals surface area contributed by atoms with Crippen molar-refractivity contribution in [2.45, 2.75) is 53.9 Å². The molecule has 0 saturated heterocycles. The van der Waals surface area contributed by atoms with Gasteiger partial charge < -0.3 is 4.90 Å². The molecule has 0 aliphatic carbocycles. The van der Waals surface area contributed by atoms with Crippen LogP contribution in [-0.4, -0.2) is 14.5 Å². The molecule has 188 valence electrons. The van der Waals surface area contributed by atoms with E-state index in [1.807, 2.05) is 25.1 Å². The molecular weight excluding hydrogens is 466 g/mol. The van der Waals surface area contributed by atoms with Gasteiger partial charge in [-0.05, 0) is 98.7 Å². The lowest BCUT2D eigenvalue weighted by Gasteiger charge is -2.30. The van der Waals surface area contributed by atoms with Crippen molar-refractivity contribution in [1.82, 2.24) is 14.5 Å². The van der Waals surface area contributed by atoms with Gasteiger partial charge in [0.15, 0.2) is 5.65 Å². The number of para-hydroxylation sites is 2. The van der Waals surface area contributed by atoms with Crippen molar-refractivity contribution in [3.63, 3.8) is 0 Å². The Hall–Kier alpha value is -4.43.